The summed E-state index contributed by atoms with van der Waals surface area (Å²) in [5.74, 6) is 0.696. The van der Waals surface area contributed by atoms with Crippen molar-refractivity contribution in [1.29, 1.82) is 0 Å². The molecule has 0 spiro atoms. The van der Waals surface area contributed by atoms with E-state index in [0.717, 1.165) is 43.0 Å². The standard InChI is InChI=1S/C19H25N5O2S/c25-17(20-11-14-5-4-10-27-14)13-23-9-6-16-15(12-23)18(26)22-19(21-16)24-7-2-1-3-8-24/h4-5,10H,1-3,6-9,11-13H2,(H,20,25)(H,21,22,26). The number of nitrogens with one attached hydrogen (secondary N) is 2. The van der Waals surface area contributed by atoms with Gasteiger partial charge in [-0.25, -0.2) is 4.98 Å². The normalized spacial score (nSPS) is 17.6. The van der Waals surface area contributed by atoms with Crippen LogP contribution in [0.2, 0.25) is 0 Å². The van der Waals surface area contributed by atoms with Gasteiger partial charge in [0.05, 0.1) is 24.3 Å². The number of carbonyl (C=O) groups is 1. The van der Waals surface area contributed by atoms with Crippen LogP contribution in [0, 0.1) is 0 Å². The van der Waals surface area contributed by atoms with E-state index in [1.807, 2.05) is 22.4 Å². The molecule has 7 nitrogen and oxygen atoms in total. The number of H-pyrrole nitrogens is 1. The maximum Gasteiger partial charge on any atom is 0.257 e. The highest BCUT2D eigenvalue weighted by Gasteiger charge is 2.24. The molecule has 2 aromatic rings. The molecule has 0 saturated carbocycles. The van der Waals surface area contributed by atoms with Crippen molar-refractivity contribution in [3.63, 3.8) is 0 Å². The summed E-state index contributed by atoms with van der Waals surface area (Å²) >= 11 is 1.63. The van der Waals surface area contributed by atoms with Crippen LogP contribution >= 0.6 is 11.3 Å². The number of amides is 1. The number of thiophene rings is 1. The van der Waals surface area contributed by atoms with Crippen molar-refractivity contribution >= 4 is 23.2 Å². The minimum atomic E-state index is -0.0655. The number of piperidine rings is 1. The number of hydrogen-bond donors (Lipinski definition) is 2. The quantitative estimate of drug-likeness (QED) is 0.813. The van der Waals surface area contributed by atoms with Gasteiger partial charge in [-0.3, -0.25) is 19.5 Å². The zero-order chi connectivity index (χ0) is 18.6. The van der Waals surface area contributed by atoms with Crippen LogP contribution in [0.1, 0.15) is 35.4 Å². The second-order valence-electron chi connectivity index (χ2n) is 7.18. The lowest BCUT2D eigenvalue weighted by Crippen LogP contribution is -2.42. The summed E-state index contributed by atoms with van der Waals surface area (Å²) in [6, 6.07) is 3.98. The van der Waals surface area contributed by atoms with Gasteiger partial charge in [-0.15, -0.1) is 11.3 Å². The number of hydrogen-bond acceptors (Lipinski definition) is 6. The molecule has 0 aromatic carbocycles. The van der Waals surface area contributed by atoms with Crippen LogP contribution in [-0.4, -0.2) is 47.0 Å². The van der Waals surface area contributed by atoms with Crippen LogP contribution in [0.4, 0.5) is 5.95 Å². The summed E-state index contributed by atoms with van der Waals surface area (Å²) < 4.78 is 0. The zero-order valence-electron chi connectivity index (χ0n) is 15.4. The van der Waals surface area contributed by atoms with E-state index >= 15 is 0 Å². The van der Waals surface area contributed by atoms with Gasteiger partial charge in [0.1, 0.15) is 0 Å². The van der Waals surface area contributed by atoms with Crippen molar-refractivity contribution in [2.24, 2.45) is 0 Å². The molecule has 2 aromatic heterocycles. The third kappa shape index (κ3) is 4.39. The number of fused-ring (bicyclic) bond motifs is 1. The van der Waals surface area contributed by atoms with Crippen molar-refractivity contribution in [3.8, 4) is 0 Å². The fraction of sp³-hybridized carbons (Fsp3) is 0.526. The van der Waals surface area contributed by atoms with Crippen molar-refractivity contribution in [2.45, 2.75) is 38.8 Å². The average molecular weight is 388 g/mol. The van der Waals surface area contributed by atoms with Gasteiger partial charge in [0.25, 0.3) is 5.56 Å². The molecule has 144 valence electrons. The van der Waals surface area contributed by atoms with Gasteiger partial charge < -0.3 is 10.2 Å². The Morgan fingerprint density at radius 2 is 2.11 bits per heavy atom. The molecule has 1 saturated heterocycles. The molecule has 4 rings (SSSR count). The molecule has 2 aliphatic rings. The molecule has 1 fully saturated rings. The van der Waals surface area contributed by atoms with Crippen LogP contribution in [0.5, 0.6) is 0 Å². The highest BCUT2D eigenvalue weighted by atomic mass is 32.1. The topological polar surface area (TPSA) is 81.3 Å². The molecule has 27 heavy (non-hydrogen) atoms. The van der Waals surface area contributed by atoms with E-state index in [0.29, 0.717) is 37.6 Å². The maximum absolute atomic E-state index is 12.6. The van der Waals surface area contributed by atoms with Gasteiger partial charge in [-0.2, -0.15) is 0 Å². The fourth-order valence-corrected chi connectivity index (χ4v) is 4.36. The van der Waals surface area contributed by atoms with Crippen LogP contribution in [0.3, 0.4) is 0 Å². The summed E-state index contributed by atoms with van der Waals surface area (Å²) in [5.41, 5.74) is 1.52. The van der Waals surface area contributed by atoms with Gasteiger partial charge in [-0.05, 0) is 30.7 Å². The Morgan fingerprint density at radius 3 is 2.89 bits per heavy atom. The van der Waals surface area contributed by atoms with Crippen LogP contribution < -0.4 is 15.8 Å². The number of aromatic nitrogens is 2. The lowest BCUT2D eigenvalue weighted by atomic mass is 10.1. The fourth-order valence-electron chi connectivity index (χ4n) is 3.72. The van der Waals surface area contributed by atoms with E-state index in [-0.39, 0.29) is 11.5 Å². The zero-order valence-corrected chi connectivity index (χ0v) is 16.2. The Balaban J connectivity index is 1.37. The monoisotopic (exact) mass is 387 g/mol. The highest BCUT2D eigenvalue weighted by Crippen LogP contribution is 2.19. The molecular formula is C19H25N5O2S. The Bertz CT molecular complexity index is 842. The first-order valence-electron chi connectivity index (χ1n) is 9.57. The maximum atomic E-state index is 12.6. The summed E-state index contributed by atoms with van der Waals surface area (Å²) in [4.78, 5) is 37.8. The Labute approximate surface area is 162 Å². The van der Waals surface area contributed by atoms with Crippen LogP contribution in [0.15, 0.2) is 22.3 Å². The second kappa shape index (κ2) is 8.22. The molecule has 0 radical (unpaired) electrons. The minimum absolute atomic E-state index is 0.0128. The predicted molar refractivity (Wildman–Crippen MR) is 106 cm³/mol. The SMILES string of the molecule is O=C(CN1CCc2nc(N3CCCCC3)[nH]c(=O)c2C1)NCc1cccs1. The van der Waals surface area contributed by atoms with Gasteiger partial charge in [0.15, 0.2) is 0 Å². The summed E-state index contributed by atoms with van der Waals surface area (Å²) in [5, 5.41) is 4.95. The largest absolute Gasteiger partial charge is 0.350 e. The Kier molecular flexibility index (Phi) is 5.54. The first-order valence-corrected chi connectivity index (χ1v) is 10.5. The minimum Gasteiger partial charge on any atom is -0.350 e. The van der Waals surface area contributed by atoms with Crippen molar-refractivity contribution in [3.05, 3.63) is 44.0 Å². The molecule has 0 atom stereocenters. The van der Waals surface area contributed by atoms with Gasteiger partial charge in [-0.1, -0.05) is 6.07 Å². The van der Waals surface area contributed by atoms with Gasteiger partial charge >= 0.3 is 0 Å². The Hall–Kier alpha value is -2.19. The molecule has 2 N–H and O–H groups in total. The van der Waals surface area contributed by atoms with E-state index in [1.165, 1.54) is 6.42 Å². The van der Waals surface area contributed by atoms with E-state index in [2.05, 4.69) is 15.2 Å². The van der Waals surface area contributed by atoms with Gasteiger partial charge in [0.2, 0.25) is 11.9 Å². The average Bonchev–Trinajstić information content (AvgIpc) is 3.21. The summed E-state index contributed by atoms with van der Waals surface area (Å²) in [6.07, 6.45) is 4.25. The van der Waals surface area contributed by atoms with E-state index in [1.54, 1.807) is 11.3 Å². The molecule has 8 heteroatoms. The van der Waals surface area contributed by atoms with Crippen molar-refractivity contribution < 1.29 is 4.79 Å². The molecule has 0 unspecified atom stereocenters. The molecule has 0 bridgehead atoms. The lowest BCUT2D eigenvalue weighted by molar-refractivity contribution is -0.122. The first-order chi connectivity index (χ1) is 13.2. The van der Waals surface area contributed by atoms with E-state index in [4.69, 9.17) is 4.98 Å². The lowest BCUT2D eigenvalue weighted by Gasteiger charge is -2.30. The molecule has 4 heterocycles. The third-order valence-electron chi connectivity index (χ3n) is 5.20. The number of aromatic amines is 1. The number of rotatable bonds is 5. The van der Waals surface area contributed by atoms with Crippen molar-refractivity contribution in [2.75, 3.05) is 31.1 Å². The van der Waals surface area contributed by atoms with E-state index in [9.17, 15) is 9.59 Å². The van der Waals surface area contributed by atoms with Crippen LogP contribution in [-0.2, 0) is 24.3 Å². The first kappa shape index (κ1) is 18.2. The molecular weight excluding hydrogens is 362 g/mol. The van der Waals surface area contributed by atoms with Crippen LogP contribution in [0.25, 0.3) is 0 Å². The van der Waals surface area contributed by atoms with E-state index < -0.39 is 0 Å². The molecule has 0 aliphatic carbocycles. The third-order valence-corrected chi connectivity index (χ3v) is 6.07. The van der Waals surface area contributed by atoms with Gasteiger partial charge in [0, 0.05) is 37.5 Å². The summed E-state index contributed by atoms with van der Waals surface area (Å²) in [6.45, 7) is 4.00. The second-order valence-corrected chi connectivity index (χ2v) is 8.21. The molecule has 2 aliphatic heterocycles. The highest BCUT2D eigenvalue weighted by molar-refractivity contribution is 7.09. The Morgan fingerprint density at radius 1 is 1.26 bits per heavy atom. The molecule has 1 amide bonds. The number of nitrogens with zero attached hydrogens (tertiary/aromatic N) is 3. The number of carbonyl (C=O) groups excluding carboxylic acids is 1. The smallest absolute Gasteiger partial charge is 0.257 e. The number of anilines is 1. The summed E-state index contributed by atoms with van der Waals surface area (Å²) in [7, 11) is 0. The predicted octanol–water partition coefficient (Wildman–Crippen LogP) is 1.50. The van der Waals surface area contributed by atoms with Crippen molar-refractivity contribution in [1.82, 2.24) is 20.2 Å².